The number of benzene rings is 2. The van der Waals surface area contributed by atoms with Gasteiger partial charge in [-0.15, -0.1) is 22.7 Å². The van der Waals surface area contributed by atoms with Gasteiger partial charge in [-0.2, -0.15) is 4.99 Å². The van der Waals surface area contributed by atoms with Crippen LogP contribution in [0.1, 0.15) is 55.0 Å². The third kappa shape index (κ3) is 6.55. The number of unbranched alkanes of at least 4 members (excludes halogenated alkanes) is 4. The third-order valence-corrected chi connectivity index (χ3v) is 7.76. The molecule has 2 aromatic heterocycles. The molecule has 8 heteroatoms. The van der Waals surface area contributed by atoms with Gasteiger partial charge in [0.25, 0.3) is 0 Å². The summed E-state index contributed by atoms with van der Waals surface area (Å²) in [5.74, 6) is 8.02. The van der Waals surface area contributed by atoms with Gasteiger partial charge in [0.2, 0.25) is 0 Å². The summed E-state index contributed by atoms with van der Waals surface area (Å²) in [5, 5.41) is 1.96. The number of nitrogens with zero attached hydrogens (tertiary/aromatic N) is 1. The Morgan fingerprint density at radius 3 is 2.14 bits per heavy atom. The highest BCUT2D eigenvalue weighted by molar-refractivity contribution is 7.78. The van der Waals surface area contributed by atoms with E-state index in [9.17, 15) is 17.6 Å². The highest BCUT2D eigenvalue weighted by Gasteiger charge is 2.14. The fourth-order valence-corrected chi connectivity index (χ4v) is 5.92. The van der Waals surface area contributed by atoms with Crippen LogP contribution in [-0.4, -0.2) is 5.16 Å². The summed E-state index contributed by atoms with van der Waals surface area (Å²) >= 11 is 7.08. The first-order valence-electron chi connectivity index (χ1n) is 11.5. The van der Waals surface area contributed by atoms with Gasteiger partial charge >= 0.3 is 0 Å². The highest BCUT2D eigenvalue weighted by atomic mass is 32.1. The summed E-state index contributed by atoms with van der Waals surface area (Å²) in [6, 6.07) is 8.36. The van der Waals surface area contributed by atoms with Crippen molar-refractivity contribution >= 4 is 55.1 Å². The van der Waals surface area contributed by atoms with E-state index in [1.165, 1.54) is 46.9 Å². The van der Waals surface area contributed by atoms with Crippen LogP contribution in [0.4, 0.5) is 23.2 Å². The smallest absolute Gasteiger partial charge is 0.153 e. The molecular formula is C29H19F4NS3. The van der Waals surface area contributed by atoms with E-state index in [0.717, 1.165) is 35.1 Å². The molecule has 0 fully saturated rings. The number of hydrogen-bond donors (Lipinski definition) is 0. The minimum atomic E-state index is -0.830. The summed E-state index contributed by atoms with van der Waals surface area (Å²) in [5.41, 5.74) is -0.129. The highest BCUT2D eigenvalue weighted by Crippen LogP contribution is 2.39. The first-order chi connectivity index (χ1) is 17.9. The largest absolute Gasteiger partial charge is 0.205 e. The molecule has 0 saturated heterocycles. The van der Waals surface area contributed by atoms with Crippen molar-refractivity contribution in [3.63, 3.8) is 0 Å². The van der Waals surface area contributed by atoms with Gasteiger partial charge in [0.05, 0.1) is 15.6 Å². The van der Waals surface area contributed by atoms with Crippen LogP contribution < -0.4 is 0 Å². The zero-order valence-corrected chi connectivity index (χ0v) is 22.1. The molecule has 0 radical (unpaired) electrons. The maximum Gasteiger partial charge on any atom is 0.153 e. The van der Waals surface area contributed by atoms with Crippen LogP contribution in [-0.2, 0) is 0 Å². The zero-order valence-electron chi connectivity index (χ0n) is 19.7. The second kappa shape index (κ2) is 12.3. The van der Waals surface area contributed by atoms with E-state index in [4.69, 9.17) is 0 Å². The van der Waals surface area contributed by atoms with Crippen molar-refractivity contribution in [3.05, 3.63) is 75.7 Å². The van der Waals surface area contributed by atoms with Gasteiger partial charge in [-0.25, -0.2) is 17.6 Å². The molecule has 0 saturated carbocycles. The van der Waals surface area contributed by atoms with Crippen LogP contribution in [0.2, 0.25) is 0 Å². The Bertz CT molecular complexity index is 1560. The monoisotopic (exact) mass is 553 g/mol. The van der Waals surface area contributed by atoms with E-state index in [1.54, 1.807) is 12.1 Å². The Labute approximate surface area is 225 Å². The molecule has 0 spiro atoms. The number of thiocarbonyl (C=S) groups is 1. The summed E-state index contributed by atoms with van der Waals surface area (Å²) < 4.78 is 59.2. The number of isothiocyanates is 1. The Hall–Kier alpha value is -3.26. The van der Waals surface area contributed by atoms with Gasteiger partial charge in [0.1, 0.15) is 17.3 Å². The quantitative estimate of drug-likeness (QED) is 0.0761. The standard InChI is InChI=1S/C29H19F4NS3/c1-2-3-4-5-6-7-8-18-11-22(30)21(23(31)12-18)10-9-20-15-27-28(36-20)16-26(37-27)19-13-24(32)29(34-17-35)25(33)14-19/h11-16H,2-6H2,1H3. The molecule has 0 amide bonds. The molecule has 0 aliphatic carbocycles. The summed E-state index contributed by atoms with van der Waals surface area (Å²) in [6.45, 7) is 2.13. The van der Waals surface area contributed by atoms with Crippen LogP contribution in [0.15, 0.2) is 41.4 Å². The number of hydrogen-bond acceptors (Lipinski definition) is 4. The summed E-state index contributed by atoms with van der Waals surface area (Å²) in [7, 11) is 0. The van der Waals surface area contributed by atoms with Gasteiger partial charge in [0, 0.05) is 26.3 Å². The maximum atomic E-state index is 14.5. The molecule has 2 heterocycles. The van der Waals surface area contributed by atoms with Crippen LogP contribution in [0.3, 0.4) is 0 Å². The molecule has 0 bridgehead atoms. The molecule has 0 N–H and O–H groups in total. The average Bonchev–Trinajstić information content (AvgIpc) is 3.42. The zero-order chi connectivity index (χ0) is 26.4. The predicted molar refractivity (Wildman–Crippen MR) is 148 cm³/mol. The fraction of sp³-hybridized carbons (Fsp3) is 0.207. The lowest BCUT2D eigenvalue weighted by atomic mass is 10.1. The molecule has 2 aromatic carbocycles. The molecule has 0 atom stereocenters. The van der Waals surface area contributed by atoms with Gasteiger partial charge in [-0.1, -0.05) is 49.9 Å². The van der Waals surface area contributed by atoms with Crippen molar-refractivity contribution < 1.29 is 17.6 Å². The van der Waals surface area contributed by atoms with Gasteiger partial charge < -0.3 is 0 Å². The molecule has 4 rings (SSSR count). The molecule has 4 aromatic rings. The van der Waals surface area contributed by atoms with Crippen molar-refractivity contribution in [1.29, 1.82) is 0 Å². The normalized spacial score (nSPS) is 10.4. The summed E-state index contributed by atoms with van der Waals surface area (Å²) in [6.07, 6.45) is 5.05. The number of halogens is 4. The van der Waals surface area contributed by atoms with E-state index < -0.39 is 29.0 Å². The van der Waals surface area contributed by atoms with E-state index in [2.05, 4.69) is 47.8 Å². The summed E-state index contributed by atoms with van der Waals surface area (Å²) in [4.78, 5) is 4.70. The van der Waals surface area contributed by atoms with Crippen LogP contribution in [0.5, 0.6) is 0 Å². The molecule has 1 nitrogen and oxygen atoms in total. The second-order valence-electron chi connectivity index (χ2n) is 8.12. The van der Waals surface area contributed by atoms with E-state index in [0.29, 0.717) is 21.7 Å². The lowest BCUT2D eigenvalue weighted by molar-refractivity contribution is 0.577. The number of fused-ring (bicyclic) bond motifs is 1. The lowest BCUT2D eigenvalue weighted by Crippen LogP contribution is -1.92. The molecular weight excluding hydrogens is 535 g/mol. The third-order valence-electron chi connectivity index (χ3n) is 5.41. The van der Waals surface area contributed by atoms with Gasteiger partial charge in [-0.05, 0) is 60.6 Å². The Morgan fingerprint density at radius 1 is 0.784 bits per heavy atom. The van der Waals surface area contributed by atoms with E-state index in [-0.39, 0.29) is 11.1 Å². The molecule has 0 unspecified atom stereocenters. The minimum Gasteiger partial charge on any atom is -0.205 e. The van der Waals surface area contributed by atoms with Gasteiger partial charge in [-0.3, -0.25) is 0 Å². The topological polar surface area (TPSA) is 12.4 Å². The van der Waals surface area contributed by atoms with Crippen LogP contribution in [0, 0.1) is 47.0 Å². The number of thiophene rings is 2. The molecule has 0 aliphatic heterocycles. The minimum absolute atomic E-state index is 0.287. The van der Waals surface area contributed by atoms with Crippen molar-refractivity contribution in [3.8, 4) is 34.1 Å². The molecule has 0 aliphatic rings. The number of rotatable bonds is 6. The van der Waals surface area contributed by atoms with Gasteiger partial charge in [0.15, 0.2) is 11.6 Å². The Balaban J connectivity index is 1.52. The first kappa shape index (κ1) is 26.8. The Morgan fingerprint density at radius 2 is 1.49 bits per heavy atom. The lowest BCUT2D eigenvalue weighted by Gasteiger charge is -2.02. The first-order valence-corrected chi connectivity index (χ1v) is 13.5. The van der Waals surface area contributed by atoms with E-state index >= 15 is 0 Å². The average molecular weight is 554 g/mol. The fourth-order valence-electron chi connectivity index (χ4n) is 3.59. The number of aliphatic imine (C=N–C) groups is 1. The van der Waals surface area contributed by atoms with Crippen molar-refractivity contribution in [2.75, 3.05) is 0 Å². The van der Waals surface area contributed by atoms with Crippen molar-refractivity contribution in [1.82, 2.24) is 0 Å². The maximum absolute atomic E-state index is 14.5. The SMILES string of the molecule is CCCCCCC#Cc1cc(F)c(C#Cc2cc3sc(-c4cc(F)c(N=C=S)c(F)c4)cc3s2)c(F)c1. The molecule has 37 heavy (non-hydrogen) atoms. The van der Waals surface area contributed by atoms with Crippen molar-refractivity contribution in [2.45, 2.75) is 39.0 Å². The van der Waals surface area contributed by atoms with Crippen LogP contribution in [0.25, 0.3) is 19.8 Å². The Kier molecular flexibility index (Phi) is 8.92. The molecule has 186 valence electrons. The van der Waals surface area contributed by atoms with E-state index in [1.807, 2.05) is 5.16 Å². The van der Waals surface area contributed by atoms with Crippen LogP contribution >= 0.6 is 34.9 Å². The second-order valence-corrected chi connectivity index (χ2v) is 10.5. The predicted octanol–water partition coefficient (Wildman–Crippen LogP) is 9.64. The van der Waals surface area contributed by atoms with Crippen molar-refractivity contribution in [2.24, 2.45) is 4.99 Å².